The number of halogens is 1. The highest BCUT2D eigenvalue weighted by molar-refractivity contribution is 5.78. The first kappa shape index (κ1) is 15.7. The van der Waals surface area contributed by atoms with Crippen LogP contribution in [0.3, 0.4) is 0 Å². The lowest BCUT2D eigenvalue weighted by molar-refractivity contribution is -0.121. The first-order chi connectivity index (χ1) is 11.2. The summed E-state index contributed by atoms with van der Waals surface area (Å²) >= 11 is 0. The van der Waals surface area contributed by atoms with Crippen LogP contribution in [0.2, 0.25) is 0 Å². The predicted molar refractivity (Wildman–Crippen MR) is 89.7 cm³/mol. The molecule has 120 valence electrons. The molecule has 0 radical (unpaired) electrons. The van der Waals surface area contributed by atoms with Gasteiger partial charge in [-0.1, -0.05) is 42.5 Å². The van der Waals surface area contributed by atoms with E-state index in [-0.39, 0.29) is 17.8 Å². The van der Waals surface area contributed by atoms with Gasteiger partial charge in [0.1, 0.15) is 5.82 Å². The van der Waals surface area contributed by atoms with Crippen LogP contribution in [0.15, 0.2) is 54.6 Å². The van der Waals surface area contributed by atoms with Crippen molar-refractivity contribution in [3.8, 4) is 0 Å². The van der Waals surface area contributed by atoms with Gasteiger partial charge in [-0.05, 0) is 54.9 Å². The number of rotatable bonds is 4. The van der Waals surface area contributed by atoms with Crippen LogP contribution < -0.4 is 5.32 Å². The minimum absolute atomic E-state index is 0.0276. The van der Waals surface area contributed by atoms with Gasteiger partial charge in [-0.2, -0.15) is 0 Å². The van der Waals surface area contributed by atoms with E-state index < -0.39 is 0 Å². The smallest absolute Gasteiger partial charge is 0.224 e. The summed E-state index contributed by atoms with van der Waals surface area (Å²) in [5.41, 5.74) is 2.26. The summed E-state index contributed by atoms with van der Waals surface area (Å²) in [5, 5.41) is 3.12. The topological polar surface area (TPSA) is 29.1 Å². The van der Waals surface area contributed by atoms with Gasteiger partial charge in [-0.25, -0.2) is 4.39 Å². The molecule has 0 aliphatic heterocycles. The Morgan fingerprint density at radius 2 is 1.61 bits per heavy atom. The molecule has 0 saturated heterocycles. The molecule has 1 N–H and O–H groups in total. The third-order valence-electron chi connectivity index (χ3n) is 4.64. The quantitative estimate of drug-likeness (QED) is 0.900. The van der Waals surface area contributed by atoms with Crippen molar-refractivity contribution in [2.24, 2.45) is 0 Å². The Morgan fingerprint density at radius 3 is 2.26 bits per heavy atom. The first-order valence-electron chi connectivity index (χ1n) is 8.29. The van der Waals surface area contributed by atoms with E-state index in [2.05, 4.69) is 29.6 Å². The van der Waals surface area contributed by atoms with E-state index >= 15 is 0 Å². The zero-order chi connectivity index (χ0) is 16.1. The van der Waals surface area contributed by atoms with E-state index in [1.807, 2.05) is 6.07 Å². The lowest BCUT2D eigenvalue weighted by Crippen LogP contribution is -2.38. The molecule has 0 spiro atoms. The lowest BCUT2D eigenvalue weighted by atomic mass is 9.82. The van der Waals surface area contributed by atoms with Crippen LogP contribution in [0.4, 0.5) is 4.39 Å². The summed E-state index contributed by atoms with van der Waals surface area (Å²) < 4.78 is 12.9. The first-order valence-corrected chi connectivity index (χ1v) is 8.29. The van der Waals surface area contributed by atoms with Crippen LogP contribution >= 0.6 is 0 Å². The maximum Gasteiger partial charge on any atom is 0.224 e. The van der Waals surface area contributed by atoms with Crippen molar-refractivity contribution in [1.82, 2.24) is 5.32 Å². The van der Waals surface area contributed by atoms with Gasteiger partial charge in [0.2, 0.25) is 5.91 Å². The van der Waals surface area contributed by atoms with Crippen molar-refractivity contribution < 1.29 is 9.18 Å². The average molecular weight is 311 g/mol. The standard InChI is InChI=1S/C20H22FNO/c21-18-10-6-15(7-11-18)14-20(23)22-19-12-8-17(9-13-19)16-4-2-1-3-5-16/h1-7,10-11,17,19H,8-9,12-14H2,(H,22,23). The summed E-state index contributed by atoms with van der Waals surface area (Å²) in [7, 11) is 0. The number of hydrogen-bond donors (Lipinski definition) is 1. The molecule has 3 heteroatoms. The number of nitrogens with one attached hydrogen (secondary N) is 1. The Hall–Kier alpha value is -2.16. The van der Waals surface area contributed by atoms with E-state index in [1.165, 1.54) is 17.7 Å². The van der Waals surface area contributed by atoms with Crippen LogP contribution in [0.1, 0.15) is 42.7 Å². The second kappa shape index (κ2) is 7.40. The maximum atomic E-state index is 12.9. The molecule has 3 rings (SSSR count). The van der Waals surface area contributed by atoms with Gasteiger partial charge in [0, 0.05) is 6.04 Å². The van der Waals surface area contributed by atoms with Crippen molar-refractivity contribution in [1.29, 1.82) is 0 Å². The van der Waals surface area contributed by atoms with Crippen LogP contribution in [0.25, 0.3) is 0 Å². The Bertz CT molecular complexity index is 630. The molecular formula is C20H22FNO. The Labute approximate surface area is 136 Å². The summed E-state index contributed by atoms with van der Waals surface area (Å²) in [5.74, 6) is 0.370. The fraction of sp³-hybridized carbons (Fsp3) is 0.350. The van der Waals surface area contributed by atoms with E-state index in [0.717, 1.165) is 31.2 Å². The molecule has 2 nitrogen and oxygen atoms in total. The minimum Gasteiger partial charge on any atom is -0.353 e. The van der Waals surface area contributed by atoms with E-state index in [4.69, 9.17) is 0 Å². The number of carbonyl (C=O) groups is 1. The van der Waals surface area contributed by atoms with Gasteiger partial charge in [-0.3, -0.25) is 4.79 Å². The van der Waals surface area contributed by atoms with E-state index in [9.17, 15) is 9.18 Å². The number of benzene rings is 2. The van der Waals surface area contributed by atoms with Gasteiger partial charge in [0.15, 0.2) is 0 Å². The average Bonchev–Trinajstić information content (AvgIpc) is 2.58. The molecule has 0 aromatic heterocycles. The molecule has 23 heavy (non-hydrogen) atoms. The molecule has 1 amide bonds. The highest BCUT2D eigenvalue weighted by atomic mass is 19.1. The number of hydrogen-bond acceptors (Lipinski definition) is 1. The third kappa shape index (κ3) is 4.41. The molecule has 1 saturated carbocycles. The molecular weight excluding hydrogens is 289 g/mol. The second-order valence-corrected chi connectivity index (χ2v) is 6.33. The number of carbonyl (C=O) groups excluding carboxylic acids is 1. The lowest BCUT2D eigenvalue weighted by Gasteiger charge is -2.29. The summed E-state index contributed by atoms with van der Waals surface area (Å²) in [6, 6.07) is 17.0. The van der Waals surface area contributed by atoms with Crippen LogP contribution in [-0.4, -0.2) is 11.9 Å². The fourth-order valence-corrected chi connectivity index (χ4v) is 3.36. The molecule has 0 atom stereocenters. The van der Waals surface area contributed by atoms with Gasteiger partial charge in [0.05, 0.1) is 6.42 Å². The zero-order valence-electron chi connectivity index (χ0n) is 13.2. The van der Waals surface area contributed by atoms with Crippen molar-refractivity contribution >= 4 is 5.91 Å². The van der Waals surface area contributed by atoms with Crippen molar-refractivity contribution in [3.63, 3.8) is 0 Å². The molecule has 1 fully saturated rings. The van der Waals surface area contributed by atoms with E-state index in [1.54, 1.807) is 12.1 Å². The largest absolute Gasteiger partial charge is 0.353 e. The van der Waals surface area contributed by atoms with Gasteiger partial charge in [0.25, 0.3) is 0 Å². The molecule has 1 aliphatic rings. The zero-order valence-corrected chi connectivity index (χ0v) is 13.2. The Kier molecular flexibility index (Phi) is 5.06. The van der Waals surface area contributed by atoms with Gasteiger partial charge in [-0.15, -0.1) is 0 Å². The van der Waals surface area contributed by atoms with Crippen LogP contribution in [0.5, 0.6) is 0 Å². The molecule has 2 aromatic carbocycles. The van der Waals surface area contributed by atoms with Crippen molar-refractivity contribution in [3.05, 3.63) is 71.5 Å². The summed E-state index contributed by atoms with van der Waals surface area (Å²) in [6.45, 7) is 0. The SMILES string of the molecule is O=C(Cc1ccc(F)cc1)NC1CCC(c2ccccc2)CC1. The highest BCUT2D eigenvalue weighted by Crippen LogP contribution is 2.32. The second-order valence-electron chi connectivity index (χ2n) is 6.33. The van der Waals surface area contributed by atoms with Crippen molar-refractivity contribution in [2.45, 2.75) is 44.1 Å². The van der Waals surface area contributed by atoms with Crippen molar-refractivity contribution in [2.75, 3.05) is 0 Å². The van der Waals surface area contributed by atoms with Crippen LogP contribution in [-0.2, 0) is 11.2 Å². The monoisotopic (exact) mass is 311 g/mol. The third-order valence-corrected chi connectivity index (χ3v) is 4.64. The number of amides is 1. The van der Waals surface area contributed by atoms with Gasteiger partial charge >= 0.3 is 0 Å². The minimum atomic E-state index is -0.270. The highest BCUT2D eigenvalue weighted by Gasteiger charge is 2.23. The molecule has 0 heterocycles. The summed E-state index contributed by atoms with van der Waals surface area (Å²) in [6.07, 6.45) is 4.60. The normalized spacial score (nSPS) is 20.9. The molecule has 1 aliphatic carbocycles. The molecule has 0 bridgehead atoms. The van der Waals surface area contributed by atoms with Gasteiger partial charge < -0.3 is 5.32 Å². The predicted octanol–water partition coefficient (Wildman–Crippen LogP) is 4.21. The van der Waals surface area contributed by atoms with E-state index in [0.29, 0.717) is 12.3 Å². The Morgan fingerprint density at radius 1 is 0.957 bits per heavy atom. The van der Waals surface area contributed by atoms with Crippen LogP contribution in [0, 0.1) is 5.82 Å². The summed E-state index contributed by atoms with van der Waals surface area (Å²) in [4.78, 5) is 12.1. The molecule has 0 unspecified atom stereocenters. The molecule has 2 aromatic rings. The maximum absolute atomic E-state index is 12.9. The fourth-order valence-electron chi connectivity index (χ4n) is 3.36. The Balaban J connectivity index is 1.47.